The smallest absolute Gasteiger partial charge is 0.254 e. The zero-order valence-electron chi connectivity index (χ0n) is 7.56. The maximum atomic E-state index is 11.4. The lowest BCUT2D eigenvalue weighted by Gasteiger charge is -1.99. The highest BCUT2D eigenvalue weighted by atomic mass is 32.2. The molecule has 0 aromatic carbocycles. The van der Waals surface area contributed by atoms with Crippen LogP contribution in [0.3, 0.4) is 0 Å². The molecule has 0 saturated heterocycles. The van der Waals surface area contributed by atoms with Gasteiger partial charge in [0.05, 0.1) is 6.20 Å². The molecular weight excluding hydrogens is 192 g/mol. The minimum Gasteiger partial charge on any atom is -0.254 e. The van der Waals surface area contributed by atoms with E-state index in [0.29, 0.717) is 6.54 Å². The van der Waals surface area contributed by atoms with E-state index in [1.165, 1.54) is 10.9 Å². The van der Waals surface area contributed by atoms with E-state index in [2.05, 4.69) is 15.0 Å². The van der Waals surface area contributed by atoms with Crippen molar-refractivity contribution in [2.45, 2.75) is 18.4 Å². The van der Waals surface area contributed by atoms with Crippen molar-refractivity contribution in [2.75, 3.05) is 6.54 Å². The first-order valence-electron chi connectivity index (χ1n) is 3.92. The van der Waals surface area contributed by atoms with Gasteiger partial charge in [-0.1, -0.05) is 12.1 Å². The summed E-state index contributed by atoms with van der Waals surface area (Å²) in [5, 5.41) is 7.00. The van der Waals surface area contributed by atoms with E-state index in [9.17, 15) is 8.42 Å². The number of nitrogens with zero attached hydrogens (tertiary/aromatic N) is 3. The predicted molar refractivity (Wildman–Crippen MR) is 46.5 cm³/mol. The van der Waals surface area contributed by atoms with Crippen LogP contribution in [0.4, 0.5) is 0 Å². The van der Waals surface area contributed by atoms with Gasteiger partial charge >= 0.3 is 0 Å². The summed E-state index contributed by atoms with van der Waals surface area (Å²) >= 11 is 0. The molecule has 0 amide bonds. The average molecular weight is 204 g/mol. The number of rotatable bonds is 4. The van der Waals surface area contributed by atoms with Crippen LogP contribution in [0.5, 0.6) is 0 Å². The molecule has 0 bridgehead atoms. The molecule has 74 valence electrons. The Labute approximate surface area is 77.0 Å². The van der Waals surface area contributed by atoms with Gasteiger partial charge in [0.25, 0.3) is 10.0 Å². The van der Waals surface area contributed by atoms with Crippen LogP contribution < -0.4 is 4.72 Å². The Morgan fingerprint density at radius 3 is 2.77 bits per heavy atom. The highest BCUT2D eigenvalue weighted by Crippen LogP contribution is 2.01. The largest absolute Gasteiger partial charge is 0.261 e. The summed E-state index contributed by atoms with van der Waals surface area (Å²) in [5.74, 6) is 0. The summed E-state index contributed by atoms with van der Waals surface area (Å²) in [4.78, 5) is 0. The van der Waals surface area contributed by atoms with Crippen molar-refractivity contribution >= 4 is 10.0 Å². The summed E-state index contributed by atoms with van der Waals surface area (Å²) < 4.78 is 26.5. The quantitative estimate of drug-likeness (QED) is 0.717. The molecule has 0 radical (unpaired) electrons. The van der Waals surface area contributed by atoms with Crippen LogP contribution in [0.15, 0.2) is 11.2 Å². The van der Waals surface area contributed by atoms with E-state index in [-0.39, 0.29) is 5.03 Å². The summed E-state index contributed by atoms with van der Waals surface area (Å²) in [6, 6.07) is 0. The molecule has 0 spiro atoms. The van der Waals surface area contributed by atoms with E-state index < -0.39 is 10.0 Å². The molecular formula is C6H12N4O2S. The van der Waals surface area contributed by atoms with Crippen molar-refractivity contribution < 1.29 is 8.42 Å². The summed E-state index contributed by atoms with van der Waals surface area (Å²) in [6.07, 6.45) is 2.11. The molecule has 0 unspecified atom stereocenters. The first-order chi connectivity index (χ1) is 6.06. The fourth-order valence-corrected chi connectivity index (χ4v) is 1.82. The Hall–Kier alpha value is -0.950. The third-order valence-electron chi connectivity index (χ3n) is 1.40. The van der Waals surface area contributed by atoms with Crippen LogP contribution >= 0.6 is 0 Å². The highest BCUT2D eigenvalue weighted by molar-refractivity contribution is 7.89. The second-order valence-electron chi connectivity index (χ2n) is 2.63. The van der Waals surface area contributed by atoms with Gasteiger partial charge < -0.3 is 0 Å². The Kier molecular flexibility index (Phi) is 2.99. The second-order valence-corrected chi connectivity index (χ2v) is 4.34. The van der Waals surface area contributed by atoms with Gasteiger partial charge in [-0.15, -0.1) is 5.10 Å². The van der Waals surface area contributed by atoms with Gasteiger partial charge in [0.2, 0.25) is 5.03 Å². The number of hydrogen-bond donors (Lipinski definition) is 1. The molecule has 1 heterocycles. The zero-order valence-corrected chi connectivity index (χ0v) is 8.37. The van der Waals surface area contributed by atoms with Gasteiger partial charge in [-0.3, -0.25) is 4.68 Å². The van der Waals surface area contributed by atoms with E-state index in [1.807, 2.05) is 6.92 Å². The molecule has 1 aromatic heterocycles. The molecule has 1 aromatic rings. The van der Waals surface area contributed by atoms with Crippen molar-refractivity contribution in [1.82, 2.24) is 19.7 Å². The third kappa shape index (κ3) is 2.49. The number of nitrogens with one attached hydrogen (secondary N) is 1. The molecule has 0 fully saturated rings. The summed E-state index contributed by atoms with van der Waals surface area (Å²) in [7, 11) is -1.83. The Bertz CT molecular complexity index is 370. The molecule has 6 nitrogen and oxygen atoms in total. The summed E-state index contributed by atoms with van der Waals surface area (Å²) in [5.41, 5.74) is 0. The van der Waals surface area contributed by atoms with E-state index in [1.54, 1.807) is 7.05 Å². The van der Waals surface area contributed by atoms with Gasteiger partial charge in [0.1, 0.15) is 0 Å². The van der Waals surface area contributed by atoms with Crippen molar-refractivity contribution in [3.05, 3.63) is 6.20 Å². The van der Waals surface area contributed by atoms with Crippen LogP contribution in [0.2, 0.25) is 0 Å². The molecule has 1 rings (SSSR count). The Balaban J connectivity index is 2.82. The second kappa shape index (κ2) is 3.84. The maximum absolute atomic E-state index is 11.4. The van der Waals surface area contributed by atoms with Gasteiger partial charge in [0.15, 0.2) is 0 Å². The lowest BCUT2D eigenvalue weighted by atomic mass is 10.5. The van der Waals surface area contributed by atoms with Gasteiger partial charge in [-0.25, -0.2) is 13.1 Å². The predicted octanol–water partition coefficient (Wildman–Crippen LogP) is -0.497. The molecule has 0 atom stereocenters. The maximum Gasteiger partial charge on any atom is 0.261 e. The van der Waals surface area contributed by atoms with E-state index in [0.717, 1.165) is 6.42 Å². The Morgan fingerprint density at radius 2 is 2.31 bits per heavy atom. The number of sulfonamides is 1. The first kappa shape index (κ1) is 10.1. The van der Waals surface area contributed by atoms with Gasteiger partial charge in [-0.2, -0.15) is 0 Å². The Morgan fingerprint density at radius 1 is 1.62 bits per heavy atom. The summed E-state index contributed by atoms with van der Waals surface area (Å²) in [6.45, 7) is 2.30. The fourth-order valence-electron chi connectivity index (χ4n) is 0.760. The number of aryl methyl sites for hydroxylation is 1. The molecule has 1 N–H and O–H groups in total. The molecule has 7 heteroatoms. The van der Waals surface area contributed by atoms with E-state index >= 15 is 0 Å². The van der Waals surface area contributed by atoms with Crippen molar-refractivity contribution in [3.63, 3.8) is 0 Å². The minimum atomic E-state index is -3.45. The van der Waals surface area contributed by atoms with Crippen molar-refractivity contribution in [1.29, 1.82) is 0 Å². The van der Waals surface area contributed by atoms with Gasteiger partial charge in [-0.05, 0) is 6.42 Å². The van der Waals surface area contributed by atoms with Gasteiger partial charge in [0, 0.05) is 13.6 Å². The third-order valence-corrected chi connectivity index (χ3v) is 2.72. The number of hydrogen-bond acceptors (Lipinski definition) is 4. The minimum absolute atomic E-state index is 0.0385. The zero-order chi connectivity index (χ0) is 9.90. The SMILES string of the molecule is CCCNS(=O)(=O)c1cn(C)nn1. The molecule has 0 aliphatic rings. The van der Waals surface area contributed by atoms with Crippen molar-refractivity contribution in [3.8, 4) is 0 Å². The van der Waals surface area contributed by atoms with Crippen LogP contribution in [-0.4, -0.2) is 30.0 Å². The van der Waals surface area contributed by atoms with Crippen LogP contribution in [0, 0.1) is 0 Å². The van der Waals surface area contributed by atoms with E-state index in [4.69, 9.17) is 0 Å². The topological polar surface area (TPSA) is 76.9 Å². The lowest BCUT2D eigenvalue weighted by molar-refractivity contribution is 0.576. The molecule has 0 aliphatic carbocycles. The highest BCUT2D eigenvalue weighted by Gasteiger charge is 2.16. The molecule has 0 saturated carbocycles. The van der Waals surface area contributed by atoms with Crippen molar-refractivity contribution in [2.24, 2.45) is 7.05 Å². The van der Waals surface area contributed by atoms with Crippen LogP contribution in [0.25, 0.3) is 0 Å². The fraction of sp³-hybridized carbons (Fsp3) is 0.667. The monoisotopic (exact) mass is 204 g/mol. The van der Waals surface area contributed by atoms with Crippen LogP contribution in [0.1, 0.15) is 13.3 Å². The number of aromatic nitrogens is 3. The standard InChI is InChI=1S/C6H12N4O2S/c1-3-4-7-13(11,12)6-5-10(2)9-8-6/h5,7H,3-4H2,1-2H3. The molecule has 13 heavy (non-hydrogen) atoms. The normalized spacial score (nSPS) is 11.8. The lowest BCUT2D eigenvalue weighted by Crippen LogP contribution is -2.24. The average Bonchev–Trinajstić information content (AvgIpc) is 2.49. The first-order valence-corrected chi connectivity index (χ1v) is 5.40. The molecule has 0 aliphatic heterocycles. The van der Waals surface area contributed by atoms with Crippen LogP contribution in [-0.2, 0) is 17.1 Å².